The number of nitrogens with one attached hydrogen (secondary N) is 1. The summed E-state index contributed by atoms with van der Waals surface area (Å²) in [7, 11) is 1.69. The summed E-state index contributed by atoms with van der Waals surface area (Å²) < 4.78 is 4.98. The molecule has 0 heterocycles. The number of benzene rings is 1. The Hall–Kier alpha value is -1.83. The molecule has 4 nitrogen and oxygen atoms in total. The monoisotopic (exact) mass is 289 g/mol. The van der Waals surface area contributed by atoms with Gasteiger partial charge in [-0.05, 0) is 43.9 Å². The van der Waals surface area contributed by atoms with Crippen LogP contribution in [0.25, 0.3) is 0 Å². The van der Waals surface area contributed by atoms with Gasteiger partial charge in [-0.25, -0.2) is 0 Å². The van der Waals surface area contributed by atoms with Crippen molar-refractivity contribution in [3.8, 4) is 11.8 Å². The first kappa shape index (κ1) is 17.2. The Kier molecular flexibility index (Phi) is 8.18. The van der Waals surface area contributed by atoms with E-state index in [1.54, 1.807) is 13.2 Å². The van der Waals surface area contributed by atoms with Crippen molar-refractivity contribution in [3.63, 3.8) is 0 Å². The van der Waals surface area contributed by atoms with E-state index in [4.69, 9.17) is 9.84 Å². The van der Waals surface area contributed by atoms with Gasteiger partial charge in [0.15, 0.2) is 0 Å². The van der Waals surface area contributed by atoms with Gasteiger partial charge >= 0.3 is 0 Å². The zero-order valence-electron chi connectivity index (χ0n) is 12.7. The first-order valence-electron chi connectivity index (χ1n) is 7.16. The molecule has 0 aliphatic rings. The fourth-order valence-corrected chi connectivity index (χ4v) is 1.94. The Morgan fingerprint density at radius 1 is 1.33 bits per heavy atom. The quantitative estimate of drug-likeness (QED) is 0.595. The average molecular weight is 289 g/mol. The van der Waals surface area contributed by atoms with Crippen LogP contribution >= 0.6 is 0 Å². The molecule has 0 bridgehead atoms. The summed E-state index contributed by atoms with van der Waals surface area (Å²) in [6.07, 6.45) is 2.96. The van der Waals surface area contributed by atoms with Crippen molar-refractivity contribution in [2.45, 2.75) is 26.2 Å². The molecule has 1 aromatic rings. The zero-order chi connectivity index (χ0) is 15.5. The Labute approximate surface area is 126 Å². The van der Waals surface area contributed by atoms with Gasteiger partial charge in [0, 0.05) is 25.8 Å². The molecule has 114 valence electrons. The van der Waals surface area contributed by atoms with Crippen LogP contribution in [0.3, 0.4) is 0 Å². The molecular weight excluding hydrogens is 266 g/mol. The van der Waals surface area contributed by atoms with Crippen LogP contribution in [-0.4, -0.2) is 37.9 Å². The van der Waals surface area contributed by atoms with Gasteiger partial charge in [0.25, 0.3) is 5.91 Å². The summed E-state index contributed by atoms with van der Waals surface area (Å²) in [5.74, 6) is 5.29. The molecule has 0 saturated carbocycles. The van der Waals surface area contributed by atoms with Crippen molar-refractivity contribution in [2.75, 3.05) is 26.9 Å². The van der Waals surface area contributed by atoms with Crippen LogP contribution in [0.2, 0.25) is 0 Å². The summed E-state index contributed by atoms with van der Waals surface area (Å²) in [6, 6.07) is 5.52. The Morgan fingerprint density at radius 2 is 2.14 bits per heavy atom. The van der Waals surface area contributed by atoms with Gasteiger partial charge in [-0.1, -0.05) is 17.9 Å². The molecule has 21 heavy (non-hydrogen) atoms. The highest BCUT2D eigenvalue weighted by Gasteiger charge is 2.09. The molecule has 0 saturated heterocycles. The molecule has 2 N–H and O–H groups in total. The Balaban J connectivity index is 2.57. The molecule has 0 atom stereocenters. The predicted octanol–water partition coefficient (Wildman–Crippen LogP) is 1.89. The highest BCUT2D eigenvalue weighted by Crippen LogP contribution is 2.11. The summed E-state index contributed by atoms with van der Waals surface area (Å²) in [6.45, 7) is 3.13. The second-order valence-corrected chi connectivity index (χ2v) is 4.82. The van der Waals surface area contributed by atoms with E-state index in [0.717, 1.165) is 31.4 Å². The number of rotatable bonds is 7. The summed E-state index contributed by atoms with van der Waals surface area (Å²) in [5.41, 5.74) is 2.24. The van der Waals surface area contributed by atoms with Crippen molar-refractivity contribution in [2.24, 2.45) is 0 Å². The number of aliphatic hydroxyl groups excluding tert-OH is 1. The standard InChI is InChI=1S/C17H23NO3/c1-14-8-9-16(15(13-14)7-6-11-19)17(20)18-10-4-3-5-12-21-2/h8-9,13,19H,3-5,10-12H2,1-2H3,(H,18,20). The predicted molar refractivity (Wildman–Crippen MR) is 83.2 cm³/mol. The van der Waals surface area contributed by atoms with E-state index in [1.165, 1.54) is 0 Å². The van der Waals surface area contributed by atoms with Gasteiger partial charge in [-0.3, -0.25) is 4.79 Å². The first-order chi connectivity index (χ1) is 10.2. The summed E-state index contributed by atoms with van der Waals surface area (Å²) in [5, 5.41) is 11.7. The van der Waals surface area contributed by atoms with Crippen molar-refractivity contribution in [3.05, 3.63) is 34.9 Å². The van der Waals surface area contributed by atoms with Crippen LogP contribution in [0.1, 0.15) is 40.7 Å². The van der Waals surface area contributed by atoms with E-state index < -0.39 is 0 Å². The highest BCUT2D eigenvalue weighted by molar-refractivity contribution is 5.96. The molecule has 1 amide bonds. The fourth-order valence-electron chi connectivity index (χ4n) is 1.94. The zero-order valence-corrected chi connectivity index (χ0v) is 12.7. The lowest BCUT2D eigenvalue weighted by atomic mass is 10.0. The molecule has 1 aromatic carbocycles. The minimum atomic E-state index is -0.214. The van der Waals surface area contributed by atoms with E-state index in [0.29, 0.717) is 17.7 Å². The number of ether oxygens (including phenoxy) is 1. The molecule has 0 aromatic heterocycles. The van der Waals surface area contributed by atoms with Crippen LogP contribution in [0.15, 0.2) is 18.2 Å². The van der Waals surface area contributed by atoms with Gasteiger partial charge in [-0.15, -0.1) is 0 Å². The number of aryl methyl sites for hydroxylation is 1. The Bertz CT molecular complexity index is 515. The Morgan fingerprint density at radius 3 is 2.86 bits per heavy atom. The van der Waals surface area contributed by atoms with Crippen LogP contribution in [-0.2, 0) is 4.74 Å². The van der Waals surface area contributed by atoms with Gasteiger partial charge in [0.05, 0.1) is 5.56 Å². The van der Waals surface area contributed by atoms with E-state index in [2.05, 4.69) is 17.2 Å². The summed E-state index contributed by atoms with van der Waals surface area (Å²) in [4.78, 5) is 12.2. The van der Waals surface area contributed by atoms with E-state index in [-0.39, 0.29) is 12.5 Å². The van der Waals surface area contributed by atoms with Gasteiger partial charge < -0.3 is 15.2 Å². The molecule has 1 rings (SSSR count). The fraction of sp³-hybridized carbons (Fsp3) is 0.471. The second kappa shape index (κ2) is 9.98. The van der Waals surface area contributed by atoms with Crippen LogP contribution in [0, 0.1) is 18.8 Å². The van der Waals surface area contributed by atoms with Gasteiger partial charge in [0.1, 0.15) is 6.61 Å². The van der Waals surface area contributed by atoms with E-state index in [1.807, 2.05) is 19.1 Å². The molecule has 0 unspecified atom stereocenters. The topological polar surface area (TPSA) is 58.6 Å². The van der Waals surface area contributed by atoms with Crippen molar-refractivity contribution in [1.82, 2.24) is 5.32 Å². The smallest absolute Gasteiger partial charge is 0.252 e. The van der Waals surface area contributed by atoms with E-state index >= 15 is 0 Å². The third-order valence-electron chi connectivity index (χ3n) is 3.03. The molecule has 4 heteroatoms. The number of carbonyl (C=O) groups is 1. The third-order valence-corrected chi connectivity index (χ3v) is 3.03. The van der Waals surface area contributed by atoms with Gasteiger partial charge in [0.2, 0.25) is 0 Å². The SMILES string of the molecule is COCCCCCNC(=O)c1ccc(C)cc1C#CCO. The van der Waals surface area contributed by atoms with E-state index in [9.17, 15) is 4.79 Å². The molecular formula is C17H23NO3. The highest BCUT2D eigenvalue weighted by atomic mass is 16.5. The minimum Gasteiger partial charge on any atom is -0.385 e. The number of aliphatic hydroxyl groups is 1. The normalized spacial score (nSPS) is 9.86. The number of hydrogen-bond acceptors (Lipinski definition) is 3. The number of carbonyl (C=O) groups excluding carboxylic acids is 1. The lowest BCUT2D eigenvalue weighted by molar-refractivity contribution is 0.0952. The number of unbranched alkanes of at least 4 members (excludes halogenated alkanes) is 2. The lowest BCUT2D eigenvalue weighted by Crippen LogP contribution is -2.25. The van der Waals surface area contributed by atoms with Crippen LogP contribution < -0.4 is 5.32 Å². The van der Waals surface area contributed by atoms with Crippen LogP contribution in [0.4, 0.5) is 0 Å². The number of amides is 1. The van der Waals surface area contributed by atoms with Crippen molar-refractivity contribution in [1.29, 1.82) is 0 Å². The van der Waals surface area contributed by atoms with Gasteiger partial charge in [-0.2, -0.15) is 0 Å². The molecule has 0 aliphatic carbocycles. The second-order valence-electron chi connectivity index (χ2n) is 4.82. The largest absolute Gasteiger partial charge is 0.385 e. The molecule has 0 aliphatic heterocycles. The van der Waals surface area contributed by atoms with Crippen molar-refractivity contribution < 1.29 is 14.6 Å². The average Bonchev–Trinajstić information content (AvgIpc) is 2.48. The number of methoxy groups -OCH3 is 1. The maximum Gasteiger partial charge on any atom is 0.252 e. The van der Waals surface area contributed by atoms with Crippen molar-refractivity contribution >= 4 is 5.91 Å². The summed E-state index contributed by atoms with van der Waals surface area (Å²) >= 11 is 0. The first-order valence-corrected chi connectivity index (χ1v) is 7.16. The molecule has 0 fully saturated rings. The number of hydrogen-bond donors (Lipinski definition) is 2. The molecule has 0 radical (unpaired) electrons. The maximum absolute atomic E-state index is 12.2. The third kappa shape index (κ3) is 6.44. The maximum atomic E-state index is 12.2. The lowest BCUT2D eigenvalue weighted by Gasteiger charge is -2.08. The van der Waals surface area contributed by atoms with Crippen LogP contribution in [0.5, 0.6) is 0 Å². The minimum absolute atomic E-state index is 0.121. The molecule has 0 spiro atoms.